The molecule has 9 heavy (non-hydrogen) atoms. The number of halogens is 1. The highest BCUT2D eigenvalue weighted by molar-refractivity contribution is 9.18. The number of nitrogens with two attached hydrogens (primary N) is 2. The van der Waals surface area contributed by atoms with E-state index in [1.165, 1.54) is 0 Å². The highest BCUT2D eigenvalue weighted by atomic mass is 79.9. The minimum absolute atomic E-state index is 0.143. The summed E-state index contributed by atoms with van der Waals surface area (Å²) in [5.41, 5.74) is 10.5. The predicted octanol–water partition coefficient (Wildman–Crippen LogP) is -0.0259. The van der Waals surface area contributed by atoms with Crippen molar-refractivity contribution in [2.45, 2.75) is 18.9 Å². The van der Waals surface area contributed by atoms with Crippen LogP contribution in [0.5, 0.6) is 0 Å². The molecule has 1 atom stereocenters. The lowest BCUT2D eigenvalue weighted by atomic mass is 10.2. The quantitative estimate of drug-likeness (QED) is 0.619. The van der Waals surface area contributed by atoms with Crippen molar-refractivity contribution in [3.8, 4) is 0 Å². The molecule has 3 nitrogen and oxygen atoms in total. The first kappa shape index (κ1) is 9.07. The summed E-state index contributed by atoms with van der Waals surface area (Å²) in [5.74, 6) is 0. The summed E-state index contributed by atoms with van der Waals surface area (Å²) in [5, 5.41) is 0. The third kappa shape index (κ3) is 4.57. The second kappa shape index (κ2) is 4.90. The summed E-state index contributed by atoms with van der Waals surface area (Å²) in [6.07, 6.45) is 1.47. The molecule has 0 bridgehead atoms. The molecule has 4 N–H and O–H groups in total. The van der Waals surface area contributed by atoms with Gasteiger partial charge in [-0.15, -0.1) is 0 Å². The molecular weight excluding hydrogens is 184 g/mol. The molecule has 0 unspecified atom stereocenters. The first-order valence-electron chi connectivity index (χ1n) is 2.83. The van der Waals surface area contributed by atoms with Crippen molar-refractivity contribution in [3.63, 3.8) is 0 Å². The first-order valence-corrected chi connectivity index (χ1v) is 3.62. The summed E-state index contributed by atoms with van der Waals surface area (Å²) in [6, 6.07) is -0.381. The Balaban J connectivity index is 3.27. The molecule has 0 aliphatic carbocycles. The standard InChI is InChI=1S/C5H11BrN2O/c6-5(9)4(8)2-1-3-7/h4H,1-3,7-8H2/t4-/m0/s1. The van der Waals surface area contributed by atoms with Crippen molar-refractivity contribution in [2.24, 2.45) is 11.5 Å². The van der Waals surface area contributed by atoms with E-state index in [0.717, 1.165) is 6.42 Å². The SMILES string of the molecule is NCCC[C@H](N)C(=O)Br. The maximum atomic E-state index is 10.4. The Hall–Kier alpha value is 0.0700. The van der Waals surface area contributed by atoms with E-state index in [0.29, 0.717) is 13.0 Å². The van der Waals surface area contributed by atoms with Gasteiger partial charge in [-0.25, -0.2) is 0 Å². The summed E-state index contributed by atoms with van der Waals surface area (Å²) in [6.45, 7) is 0.591. The minimum Gasteiger partial charge on any atom is -0.330 e. The van der Waals surface area contributed by atoms with Gasteiger partial charge >= 0.3 is 0 Å². The molecule has 0 aromatic rings. The Morgan fingerprint density at radius 1 is 1.67 bits per heavy atom. The summed E-state index contributed by atoms with van der Waals surface area (Å²) in [7, 11) is 0. The maximum Gasteiger partial charge on any atom is 0.214 e. The van der Waals surface area contributed by atoms with Crippen LogP contribution in [0.4, 0.5) is 0 Å². The summed E-state index contributed by atoms with van der Waals surface area (Å²) >= 11 is 2.77. The molecule has 0 fully saturated rings. The van der Waals surface area contributed by atoms with Crippen LogP contribution in [0.3, 0.4) is 0 Å². The van der Waals surface area contributed by atoms with Crippen molar-refractivity contribution in [1.82, 2.24) is 0 Å². The number of carbonyl (C=O) groups is 1. The number of rotatable bonds is 4. The molecular formula is C5H11BrN2O. The molecule has 0 rings (SSSR count). The molecule has 0 saturated carbocycles. The topological polar surface area (TPSA) is 69.1 Å². The van der Waals surface area contributed by atoms with Gasteiger partial charge in [-0.2, -0.15) is 0 Å². The van der Waals surface area contributed by atoms with Crippen LogP contribution in [-0.4, -0.2) is 17.3 Å². The Kier molecular flexibility index (Phi) is 4.94. The average Bonchev–Trinajstić information content (AvgIpc) is 1.82. The van der Waals surface area contributed by atoms with Gasteiger partial charge in [0.25, 0.3) is 0 Å². The average molecular weight is 195 g/mol. The lowest BCUT2D eigenvalue weighted by molar-refractivity contribution is -0.111. The third-order valence-electron chi connectivity index (χ3n) is 1.01. The molecule has 0 aromatic carbocycles. The van der Waals surface area contributed by atoms with E-state index in [9.17, 15) is 4.79 Å². The molecule has 0 aromatic heterocycles. The molecule has 0 heterocycles. The third-order valence-corrected chi connectivity index (χ3v) is 1.60. The van der Waals surface area contributed by atoms with E-state index in [1.54, 1.807) is 0 Å². The van der Waals surface area contributed by atoms with Gasteiger partial charge in [-0.3, -0.25) is 4.79 Å². The van der Waals surface area contributed by atoms with E-state index < -0.39 is 0 Å². The zero-order chi connectivity index (χ0) is 7.28. The largest absolute Gasteiger partial charge is 0.330 e. The van der Waals surface area contributed by atoms with Crippen LogP contribution < -0.4 is 11.5 Å². The number of hydrogen-bond donors (Lipinski definition) is 2. The van der Waals surface area contributed by atoms with E-state index in [2.05, 4.69) is 15.9 Å². The van der Waals surface area contributed by atoms with Crippen LogP contribution in [-0.2, 0) is 4.79 Å². The Labute approximate surface area is 62.9 Å². The number of hydrogen-bond acceptors (Lipinski definition) is 3. The van der Waals surface area contributed by atoms with Crippen LogP contribution in [0.25, 0.3) is 0 Å². The van der Waals surface area contributed by atoms with Crippen LogP contribution in [0.15, 0.2) is 0 Å². The van der Waals surface area contributed by atoms with Crippen molar-refractivity contribution in [2.75, 3.05) is 6.54 Å². The van der Waals surface area contributed by atoms with Crippen LogP contribution in [0.2, 0.25) is 0 Å². The first-order chi connectivity index (χ1) is 4.18. The fraction of sp³-hybridized carbons (Fsp3) is 0.800. The highest BCUT2D eigenvalue weighted by Crippen LogP contribution is 1.98. The van der Waals surface area contributed by atoms with Crippen molar-refractivity contribution < 1.29 is 4.79 Å². The van der Waals surface area contributed by atoms with Gasteiger partial charge in [0.05, 0.1) is 6.04 Å². The van der Waals surface area contributed by atoms with E-state index in [1.807, 2.05) is 0 Å². The van der Waals surface area contributed by atoms with Gasteiger partial charge in [-0.1, -0.05) is 0 Å². The van der Waals surface area contributed by atoms with Crippen LogP contribution in [0, 0.1) is 0 Å². The molecule has 0 spiro atoms. The van der Waals surface area contributed by atoms with Gasteiger partial charge in [0.15, 0.2) is 0 Å². The smallest absolute Gasteiger partial charge is 0.214 e. The van der Waals surface area contributed by atoms with Gasteiger partial charge in [0.1, 0.15) is 0 Å². The zero-order valence-electron chi connectivity index (χ0n) is 5.14. The van der Waals surface area contributed by atoms with Crippen molar-refractivity contribution in [1.29, 1.82) is 0 Å². The van der Waals surface area contributed by atoms with Gasteiger partial charge in [-0.05, 0) is 35.3 Å². The van der Waals surface area contributed by atoms with Gasteiger partial charge in [0.2, 0.25) is 4.69 Å². The highest BCUT2D eigenvalue weighted by Gasteiger charge is 2.07. The van der Waals surface area contributed by atoms with E-state index >= 15 is 0 Å². The molecule has 0 aliphatic heterocycles. The maximum absolute atomic E-state index is 10.4. The van der Waals surface area contributed by atoms with Gasteiger partial charge < -0.3 is 11.5 Å². The normalized spacial score (nSPS) is 13.2. The van der Waals surface area contributed by atoms with E-state index in [4.69, 9.17) is 11.5 Å². The fourth-order valence-corrected chi connectivity index (χ4v) is 0.680. The van der Waals surface area contributed by atoms with Gasteiger partial charge in [0, 0.05) is 0 Å². The summed E-state index contributed by atoms with van der Waals surface area (Å²) < 4.78 is -0.143. The fourth-order valence-electron chi connectivity index (χ4n) is 0.451. The number of carbonyl (C=O) groups excluding carboxylic acids is 1. The lowest BCUT2D eigenvalue weighted by Crippen LogP contribution is -2.26. The van der Waals surface area contributed by atoms with Crippen LogP contribution >= 0.6 is 15.9 Å². The van der Waals surface area contributed by atoms with Crippen LogP contribution in [0.1, 0.15) is 12.8 Å². The minimum atomic E-state index is -0.381. The second-order valence-corrected chi connectivity index (χ2v) is 2.62. The summed E-state index contributed by atoms with van der Waals surface area (Å²) in [4.78, 5) is 10.4. The Morgan fingerprint density at radius 2 is 2.22 bits per heavy atom. The van der Waals surface area contributed by atoms with Crippen molar-refractivity contribution in [3.05, 3.63) is 0 Å². The Morgan fingerprint density at radius 3 is 2.56 bits per heavy atom. The zero-order valence-corrected chi connectivity index (χ0v) is 6.73. The van der Waals surface area contributed by atoms with Crippen molar-refractivity contribution >= 4 is 20.6 Å². The predicted molar refractivity (Wildman–Crippen MR) is 40.2 cm³/mol. The molecule has 4 heteroatoms. The molecule has 54 valence electrons. The molecule has 0 saturated heterocycles. The second-order valence-electron chi connectivity index (χ2n) is 1.84. The van der Waals surface area contributed by atoms with E-state index in [-0.39, 0.29) is 10.7 Å². The monoisotopic (exact) mass is 194 g/mol. The lowest BCUT2D eigenvalue weighted by Gasteiger charge is -2.02. The molecule has 0 radical (unpaired) electrons. The molecule has 0 aliphatic rings. The molecule has 0 amide bonds. The Bertz CT molecular complexity index is 97.0.